The zero-order valence-corrected chi connectivity index (χ0v) is 13.6. The molecule has 6 nitrogen and oxygen atoms in total. The maximum atomic E-state index is 12.3. The minimum absolute atomic E-state index is 0.0567. The highest BCUT2D eigenvalue weighted by Gasteiger charge is 2.16. The van der Waals surface area contributed by atoms with E-state index < -0.39 is 11.9 Å². The monoisotopic (exact) mass is 340 g/mol. The van der Waals surface area contributed by atoms with Gasteiger partial charge in [0, 0.05) is 23.4 Å². The average molecular weight is 340 g/mol. The lowest BCUT2D eigenvalue weighted by Crippen LogP contribution is -2.26. The number of carboxylic acid groups (broad SMARTS) is 1. The topological polar surface area (TPSA) is 87.7 Å². The molecule has 1 atom stereocenters. The molecule has 2 aromatic carbocycles. The molecule has 3 rings (SSSR count). The van der Waals surface area contributed by atoms with Gasteiger partial charge in [0.25, 0.3) is 5.91 Å². The second-order valence-corrected chi connectivity index (χ2v) is 5.76. The van der Waals surface area contributed by atoms with Gasteiger partial charge in [0.05, 0.1) is 12.1 Å². The van der Waals surface area contributed by atoms with E-state index in [2.05, 4.69) is 5.32 Å². The lowest BCUT2D eigenvalue weighted by Gasteiger charge is -2.13. The second kappa shape index (κ2) is 7.81. The van der Waals surface area contributed by atoms with E-state index in [4.69, 9.17) is 9.47 Å². The third-order valence-electron chi connectivity index (χ3n) is 3.96. The van der Waals surface area contributed by atoms with Crippen molar-refractivity contribution in [3.63, 3.8) is 0 Å². The molecule has 1 fully saturated rings. The van der Waals surface area contributed by atoms with Crippen LogP contribution in [0, 0.1) is 0 Å². The molecule has 0 bridgehead atoms. The van der Waals surface area contributed by atoms with Gasteiger partial charge in [-0.05, 0) is 43.2 Å². The molecule has 2 aromatic rings. The van der Waals surface area contributed by atoms with Gasteiger partial charge >= 0.3 is 0 Å². The van der Waals surface area contributed by atoms with Crippen molar-refractivity contribution >= 4 is 17.6 Å². The molecule has 1 aliphatic rings. The first-order valence-electron chi connectivity index (χ1n) is 8.09. The van der Waals surface area contributed by atoms with Crippen molar-refractivity contribution in [2.45, 2.75) is 18.9 Å². The Kier molecular flexibility index (Phi) is 5.30. The number of hydrogen-bond donors (Lipinski definition) is 1. The molecule has 0 unspecified atom stereocenters. The van der Waals surface area contributed by atoms with Gasteiger partial charge in [-0.1, -0.05) is 18.2 Å². The van der Waals surface area contributed by atoms with Gasteiger partial charge in [0.2, 0.25) is 0 Å². The van der Waals surface area contributed by atoms with Gasteiger partial charge in [-0.3, -0.25) is 4.79 Å². The third-order valence-corrected chi connectivity index (χ3v) is 3.96. The maximum absolute atomic E-state index is 12.3. The lowest BCUT2D eigenvalue weighted by molar-refractivity contribution is -0.255. The van der Waals surface area contributed by atoms with Gasteiger partial charge in [0.1, 0.15) is 12.4 Å². The first-order valence-corrected chi connectivity index (χ1v) is 8.09. The zero-order valence-electron chi connectivity index (χ0n) is 13.6. The Bertz CT molecular complexity index is 751. The molecule has 0 aliphatic carbocycles. The first kappa shape index (κ1) is 17.0. The van der Waals surface area contributed by atoms with Crippen molar-refractivity contribution < 1.29 is 24.2 Å². The molecule has 0 spiro atoms. The van der Waals surface area contributed by atoms with E-state index in [0.717, 1.165) is 19.4 Å². The molecule has 1 N–H and O–H groups in total. The summed E-state index contributed by atoms with van der Waals surface area (Å²) in [6.45, 7) is 1.29. The molecule has 25 heavy (non-hydrogen) atoms. The van der Waals surface area contributed by atoms with Crippen molar-refractivity contribution in [3.8, 4) is 5.75 Å². The molecule has 0 radical (unpaired) electrons. The Balaban J connectivity index is 1.61. The number of nitrogens with one attached hydrogen (secondary N) is 1. The van der Waals surface area contributed by atoms with Gasteiger partial charge < -0.3 is 24.7 Å². The van der Waals surface area contributed by atoms with E-state index in [1.807, 2.05) is 0 Å². The Morgan fingerprint density at radius 2 is 1.84 bits per heavy atom. The number of hydrogen-bond acceptors (Lipinski definition) is 5. The molecule has 0 saturated carbocycles. The van der Waals surface area contributed by atoms with Crippen molar-refractivity contribution in [1.82, 2.24) is 0 Å². The summed E-state index contributed by atoms with van der Waals surface area (Å²) in [5, 5.41) is 13.8. The second-order valence-electron chi connectivity index (χ2n) is 5.76. The van der Waals surface area contributed by atoms with Crippen molar-refractivity contribution in [1.29, 1.82) is 0 Å². The SMILES string of the molecule is O=C([O-])c1ccccc1C(=O)Nc1ccc(OC[C@H]2CCCO2)cc1. The van der Waals surface area contributed by atoms with Crippen LogP contribution in [0.25, 0.3) is 0 Å². The van der Waals surface area contributed by atoms with Crippen LogP contribution in [-0.4, -0.2) is 31.2 Å². The maximum Gasteiger partial charge on any atom is 0.256 e. The van der Waals surface area contributed by atoms with Gasteiger partial charge in [-0.15, -0.1) is 0 Å². The van der Waals surface area contributed by atoms with Gasteiger partial charge in [-0.2, -0.15) is 0 Å². The molecular formula is C19H18NO5-. The van der Waals surface area contributed by atoms with E-state index >= 15 is 0 Å². The van der Waals surface area contributed by atoms with E-state index in [0.29, 0.717) is 18.0 Å². The summed E-state index contributed by atoms with van der Waals surface area (Å²) >= 11 is 0. The fourth-order valence-corrected chi connectivity index (χ4v) is 2.66. The highest BCUT2D eigenvalue weighted by atomic mass is 16.5. The van der Waals surface area contributed by atoms with E-state index in [9.17, 15) is 14.7 Å². The van der Waals surface area contributed by atoms with Crippen LogP contribution >= 0.6 is 0 Å². The van der Waals surface area contributed by atoms with Crippen LogP contribution < -0.4 is 15.2 Å². The summed E-state index contributed by atoms with van der Waals surface area (Å²) in [5.74, 6) is -1.21. The number of carbonyl (C=O) groups excluding carboxylic acids is 2. The summed E-state index contributed by atoms with van der Waals surface area (Å²) < 4.78 is 11.2. The number of carbonyl (C=O) groups is 2. The van der Waals surface area contributed by atoms with E-state index in [1.165, 1.54) is 12.1 Å². The molecular weight excluding hydrogens is 322 g/mol. The number of benzene rings is 2. The summed E-state index contributed by atoms with van der Waals surface area (Å²) in [6.07, 6.45) is 2.21. The predicted molar refractivity (Wildman–Crippen MR) is 89.6 cm³/mol. The summed E-state index contributed by atoms with van der Waals surface area (Å²) in [7, 11) is 0. The number of carboxylic acids is 1. The Morgan fingerprint density at radius 3 is 2.48 bits per heavy atom. The molecule has 1 heterocycles. The molecule has 0 aromatic heterocycles. The van der Waals surface area contributed by atoms with Crippen LogP contribution in [0.2, 0.25) is 0 Å². The van der Waals surface area contributed by atoms with Crippen LogP contribution in [-0.2, 0) is 4.74 Å². The Morgan fingerprint density at radius 1 is 1.12 bits per heavy atom. The van der Waals surface area contributed by atoms with Gasteiger partial charge in [0.15, 0.2) is 0 Å². The molecule has 1 aliphatic heterocycles. The van der Waals surface area contributed by atoms with Crippen LogP contribution in [0.5, 0.6) is 5.75 Å². The molecule has 1 amide bonds. The Labute approximate surface area is 145 Å². The third kappa shape index (κ3) is 4.36. The van der Waals surface area contributed by atoms with Crippen molar-refractivity contribution in [3.05, 3.63) is 59.7 Å². The largest absolute Gasteiger partial charge is 0.545 e. The normalized spacial score (nSPS) is 16.4. The quantitative estimate of drug-likeness (QED) is 0.867. The zero-order chi connectivity index (χ0) is 17.6. The standard InChI is InChI=1S/C19H19NO5/c21-18(16-5-1-2-6-17(16)19(22)23)20-13-7-9-14(10-8-13)25-12-15-4-3-11-24-15/h1-2,5-10,15H,3-4,11-12H2,(H,20,21)(H,22,23)/p-1/t15-/m1/s1. The lowest BCUT2D eigenvalue weighted by atomic mass is 10.1. The summed E-state index contributed by atoms with van der Waals surface area (Å²) in [4.78, 5) is 23.4. The van der Waals surface area contributed by atoms with Crippen LogP contribution in [0.15, 0.2) is 48.5 Å². The first-order chi connectivity index (χ1) is 12.1. The van der Waals surface area contributed by atoms with Crippen molar-refractivity contribution in [2.75, 3.05) is 18.5 Å². The summed E-state index contributed by atoms with van der Waals surface area (Å²) in [5.41, 5.74) is 0.459. The number of ether oxygens (including phenoxy) is 2. The fourth-order valence-electron chi connectivity index (χ4n) is 2.66. The number of anilines is 1. The number of aromatic carboxylic acids is 1. The highest BCUT2D eigenvalue weighted by Crippen LogP contribution is 2.19. The average Bonchev–Trinajstić information content (AvgIpc) is 3.14. The molecule has 1 saturated heterocycles. The molecule has 6 heteroatoms. The minimum atomic E-state index is -1.39. The van der Waals surface area contributed by atoms with Crippen LogP contribution in [0.3, 0.4) is 0 Å². The van der Waals surface area contributed by atoms with Crippen LogP contribution in [0.4, 0.5) is 5.69 Å². The van der Waals surface area contributed by atoms with Crippen LogP contribution in [0.1, 0.15) is 33.6 Å². The summed E-state index contributed by atoms with van der Waals surface area (Å²) in [6, 6.07) is 12.8. The Hall–Kier alpha value is -2.86. The number of rotatable bonds is 6. The number of amides is 1. The fraction of sp³-hybridized carbons (Fsp3) is 0.263. The predicted octanol–water partition coefficient (Wildman–Crippen LogP) is 1.86. The smallest absolute Gasteiger partial charge is 0.256 e. The minimum Gasteiger partial charge on any atom is -0.545 e. The highest BCUT2D eigenvalue weighted by molar-refractivity contribution is 6.10. The van der Waals surface area contributed by atoms with Crippen molar-refractivity contribution in [2.24, 2.45) is 0 Å². The molecule has 130 valence electrons. The van der Waals surface area contributed by atoms with E-state index in [1.54, 1.807) is 36.4 Å². The van der Waals surface area contributed by atoms with Gasteiger partial charge in [-0.25, -0.2) is 0 Å². The van der Waals surface area contributed by atoms with E-state index in [-0.39, 0.29) is 17.2 Å².